The van der Waals surface area contributed by atoms with Gasteiger partial charge in [0.05, 0.1) is 9.21 Å². The Morgan fingerprint density at radius 1 is 1.26 bits per heavy atom. The average molecular weight is 292 g/mol. The van der Waals surface area contributed by atoms with Gasteiger partial charge in [0, 0.05) is 11.3 Å². The second kappa shape index (κ2) is 6.39. The number of anilines is 1. The summed E-state index contributed by atoms with van der Waals surface area (Å²) >= 11 is 7.01. The maximum absolute atomic E-state index is 11.9. The molecule has 0 saturated carbocycles. The molecule has 0 radical (unpaired) electrons. The van der Waals surface area contributed by atoms with E-state index in [0.29, 0.717) is 14.9 Å². The maximum Gasteiger partial charge on any atom is 0.265 e. The number of aliphatic hydroxyl groups excluding tert-OH is 1. The standard InChI is InChI=1S/C14H10ClNO2S/c15-13-8-7-12(19-13)14(18)16-11-5-3-10(4-6-11)2-1-9-17/h3-8,17H,9H2,(H,16,18). The fourth-order valence-electron chi connectivity index (χ4n) is 1.41. The summed E-state index contributed by atoms with van der Waals surface area (Å²) in [7, 11) is 0. The summed E-state index contributed by atoms with van der Waals surface area (Å²) in [5.41, 5.74) is 1.47. The average Bonchev–Trinajstić information content (AvgIpc) is 2.85. The molecule has 1 aromatic carbocycles. The van der Waals surface area contributed by atoms with Gasteiger partial charge < -0.3 is 10.4 Å². The number of thiophene rings is 1. The summed E-state index contributed by atoms with van der Waals surface area (Å²) in [6, 6.07) is 10.4. The molecule has 0 atom stereocenters. The highest BCUT2D eigenvalue weighted by Gasteiger charge is 2.08. The highest BCUT2D eigenvalue weighted by atomic mass is 35.5. The van der Waals surface area contributed by atoms with Crippen LogP contribution in [0.5, 0.6) is 0 Å². The number of halogens is 1. The molecular weight excluding hydrogens is 282 g/mol. The second-order valence-electron chi connectivity index (χ2n) is 3.60. The highest BCUT2D eigenvalue weighted by molar-refractivity contribution is 7.18. The molecular formula is C14H10ClNO2S. The molecule has 5 heteroatoms. The molecule has 3 nitrogen and oxygen atoms in total. The first-order valence-corrected chi connectivity index (χ1v) is 6.65. The molecule has 1 amide bonds. The summed E-state index contributed by atoms with van der Waals surface area (Å²) in [5, 5.41) is 11.4. The van der Waals surface area contributed by atoms with E-state index in [9.17, 15) is 4.79 Å². The van der Waals surface area contributed by atoms with E-state index in [1.54, 1.807) is 36.4 Å². The predicted octanol–water partition coefficient (Wildman–Crippen LogP) is 3.00. The second-order valence-corrected chi connectivity index (χ2v) is 5.31. The van der Waals surface area contributed by atoms with Crippen LogP contribution in [0.1, 0.15) is 15.2 Å². The SMILES string of the molecule is O=C(Nc1ccc(C#CCO)cc1)c1ccc(Cl)s1. The molecule has 0 bridgehead atoms. The lowest BCUT2D eigenvalue weighted by molar-refractivity contribution is 0.103. The quantitative estimate of drug-likeness (QED) is 0.836. The highest BCUT2D eigenvalue weighted by Crippen LogP contribution is 2.22. The van der Waals surface area contributed by atoms with Gasteiger partial charge in [0.15, 0.2) is 0 Å². The van der Waals surface area contributed by atoms with Crippen LogP contribution in [-0.2, 0) is 0 Å². The number of benzene rings is 1. The number of hydrogen-bond donors (Lipinski definition) is 2. The van der Waals surface area contributed by atoms with E-state index < -0.39 is 0 Å². The molecule has 0 aliphatic heterocycles. The van der Waals surface area contributed by atoms with Gasteiger partial charge in [-0.1, -0.05) is 23.4 Å². The monoisotopic (exact) mass is 291 g/mol. The van der Waals surface area contributed by atoms with E-state index >= 15 is 0 Å². The van der Waals surface area contributed by atoms with Crippen molar-refractivity contribution in [3.8, 4) is 11.8 Å². The molecule has 1 heterocycles. The van der Waals surface area contributed by atoms with Crippen LogP contribution in [0, 0.1) is 11.8 Å². The molecule has 2 N–H and O–H groups in total. The van der Waals surface area contributed by atoms with E-state index in [1.807, 2.05) is 0 Å². The van der Waals surface area contributed by atoms with E-state index in [1.165, 1.54) is 11.3 Å². The first kappa shape index (κ1) is 13.6. The minimum Gasteiger partial charge on any atom is -0.384 e. The van der Waals surface area contributed by atoms with Crippen LogP contribution in [0.3, 0.4) is 0 Å². The van der Waals surface area contributed by atoms with Crippen LogP contribution in [0.15, 0.2) is 36.4 Å². The maximum atomic E-state index is 11.9. The Hall–Kier alpha value is -1.80. The Balaban J connectivity index is 2.05. The molecule has 1 aromatic heterocycles. The number of carbonyl (C=O) groups is 1. The number of aliphatic hydroxyl groups is 1. The largest absolute Gasteiger partial charge is 0.384 e. The zero-order valence-corrected chi connectivity index (χ0v) is 11.4. The molecule has 0 aliphatic rings. The molecule has 2 rings (SSSR count). The van der Waals surface area contributed by atoms with Gasteiger partial charge >= 0.3 is 0 Å². The Kier molecular flexibility index (Phi) is 4.58. The van der Waals surface area contributed by atoms with E-state index in [2.05, 4.69) is 17.2 Å². The van der Waals surface area contributed by atoms with Crippen molar-refractivity contribution < 1.29 is 9.90 Å². The van der Waals surface area contributed by atoms with Gasteiger partial charge in [-0.05, 0) is 36.4 Å². The number of hydrogen-bond acceptors (Lipinski definition) is 3. The zero-order chi connectivity index (χ0) is 13.7. The summed E-state index contributed by atoms with van der Waals surface area (Å²) in [4.78, 5) is 12.4. The van der Waals surface area contributed by atoms with Crippen molar-refractivity contribution in [3.63, 3.8) is 0 Å². The number of rotatable bonds is 2. The minimum atomic E-state index is -0.189. The van der Waals surface area contributed by atoms with E-state index in [0.717, 1.165) is 5.56 Å². The Morgan fingerprint density at radius 3 is 2.58 bits per heavy atom. The van der Waals surface area contributed by atoms with Crippen molar-refractivity contribution in [2.24, 2.45) is 0 Å². The third kappa shape index (κ3) is 3.83. The van der Waals surface area contributed by atoms with Crippen molar-refractivity contribution in [1.82, 2.24) is 0 Å². The van der Waals surface area contributed by atoms with Gasteiger partial charge in [0.1, 0.15) is 6.61 Å². The molecule has 0 unspecified atom stereocenters. The Morgan fingerprint density at radius 2 is 2.00 bits per heavy atom. The predicted molar refractivity (Wildman–Crippen MR) is 77.7 cm³/mol. The third-order valence-electron chi connectivity index (χ3n) is 2.25. The fraction of sp³-hybridized carbons (Fsp3) is 0.0714. The smallest absolute Gasteiger partial charge is 0.265 e. The van der Waals surface area contributed by atoms with Crippen LogP contribution >= 0.6 is 22.9 Å². The fourth-order valence-corrected chi connectivity index (χ4v) is 2.35. The zero-order valence-electron chi connectivity index (χ0n) is 9.81. The number of carbonyl (C=O) groups excluding carboxylic acids is 1. The van der Waals surface area contributed by atoms with Gasteiger partial charge in [-0.3, -0.25) is 4.79 Å². The van der Waals surface area contributed by atoms with Gasteiger partial charge in [-0.15, -0.1) is 11.3 Å². The number of amides is 1. The normalized spacial score (nSPS) is 9.58. The first-order chi connectivity index (χ1) is 9.19. The van der Waals surface area contributed by atoms with Crippen LogP contribution in [-0.4, -0.2) is 17.6 Å². The van der Waals surface area contributed by atoms with Crippen molar-refractivity contribution in [2.45, 2.75) is 0 Å². The molecule has 0 fully saturated rings. The Labute approximate surface area is 119 Å². The van der Waals surface area contributed by atoms with Gasteiger partial charge in [0.2, 0.25) is 0 Å². The Bertz CT molecular complexity index is 637. The first-order valence-electron chi connectivity index (χ1n) is 5.45. The van der Waals surface area contributed by atoms with E-state index in [-0.39, 0.29) is 12.5 Å². The minimum absolute atomic E-state index is 0.169. The lowest BCUT2D eigenvalue weighted by Gasteiger charge is -2.03. The third-order valence-corrected chi connectivity index (χ3v) is 3.48. The molecule has 0 spiro atoms. The summed E-state index contributed by atoms with van der Waals surface area (Å²) < 4.78 is 0.583. The van der Waals surface area contributed by atoms with Gasteiger partial charge in [-0.2, -0.15) is 0 Å². The molecule has 0 aliphatic carbocycles. The lowest BCUT2D eigenvalue weighted by atomic mass is 10.2. The summed E-state index contributed by atoms with van der Waals surface area (Å²) in [6.45, 7) is -0.169. The van der Waals surface area contributed by atoms with Gasteiger partial charge in [-0.25, -0.2) is 0 Å². The van der Waals surface area contributed by atoms with Crippen LogP contribution in [0.2, 0.25) is 4.34 Å². The molecule has 19 heavy (non-hydrogen) atoms. The molecule has 2 aromatic rings. The number of nitrogens with one attached hydrogen (secondary N) is 1. The van der Waals surface area contributed by atoms with Gasteiger partial charge in [0.25, 0.3) is 5.91 Å². The topological polar surface area (TPSA) is 49.3 Å². The van der Waals surface area contributed by atoms with Crippen molar-refractivity contribution >= 4 is 34.5 Å². The van der Waals surface area contributed by atoms with Crippen molar-refractivity contribution in [1.29, 1.82) is 0 Å². The molecule has 96 valence electrons. The molecule has 0 saturated heterocycles. The van der Waals surface area contributed by atoms with E-state index in [4.69, 9.17) is 16.7 Å². The summed E-state index contributed by atoms with van der Waals surface area (Å²) in [6.07, 6.45) is 0. The van der Waals surface area contributed by atoms with Crippen molar-refractivity contribution in [2.75, 3.05) is 11.9 Å². The van der Waals surface area contributed by atoms with Crippen LogP contribution in [0.4, 0.5) is 5.69 Å². The van der Waals surface area contributed by atoms with Crippen LogP contribution in [0.25, 0.3) is 0 Å². The summed E-state index contributed by atoms with van der Waals surface area (Å²) in [5.74, 6) is 5.15. The lowest BCUT2D eigenvalue weighted by Crippen LogP contribution is -2.09. The van der Waals surface area contributed by atoms with Crippen molar-refractivity contribution in [3.05, 3.63) is 51.2 Å². The van der Waals surface area contributed by atoms with Crippen LogP contribution < -0.4 is 5.32 Å².